The molecule has 0 spiro atoms. The average molecular weight is 349 g/mol. The van der Waals surface area contributed by atoms with E-state index in [-0.39, 0.29) is 6.07 Å². The van der Waals surface area contributed by atoms with Crippen LogP contribution in [0.15, 0.2) is 34.4 Å². The third kappa shape index (κ3) is 4.07. The van der Waals surface area contributed by atoms with Crippen LogP contribution in [0.5, 0.6) is 0 Å². The predicted octanol–water partition coefficient (Wildman–Crippen LogP) is 2.15. The Morgan fingerprint density at radius 1 is 1.08 bits per heavy atom. The highest BCUT2D eigenvalue weighted by atomic mass is 19.4. The summed E-state index contributed by atoms with van der Waals surface area (Å²) in [5.74, 6) is 0.948. The van der Waals surface area contributed by atoms with Gasteiger partial charge in [-0.15, -0.1) is 0 Å². The minimum Gasteiger partial charge on any atom is -0.365 e. The second-order valence-corrected chi connectivity index (χ2v) is 4.48. The summed E-state index contributed by atoms with van der Waals surface area (Å²) in [5.41, 5.74) is 1.36. The van der Waals surface area contributed by atoms with E-state index in [0.29, 0.717) is 12.1 Å². The largest absolute Gasteiger partial charge is 0.416 e. The molecule has 0 fully saturated rings. The molecule has 24 heavy (non-hydrogen) atoms. The topological polar surface area (TPSA) is 70.8 Å². The summed E-state index contributed by atoms with van der Waals surface area (Å²) >= 11 is 0. The maximum absolute atomic E-state index is 12.8. The number of amides is 1. The molecular weight excluding hydrogens is 342 g/mol. The van der Waals surface area contributed by atoms with Crippen molar-refractivity contribution in [1.29, 1.82) is 0 Å². The van der Waals surface area contributed by atoms with Crippen LogP contribution in [0.4, 0.5) is 26.3 Å². The molecule has 5 nitrogen and oxygen atoms in total. The zero-order chi connectivity index (χ0) is 18.1. The van der Waals surface area contributed by atoms with E-state index in [1.165, 1.54) is 0 Å². The molecule has 2 N–H and O–H groups in total. The molecular formula is C13H7F6N4O+. The zero-order valence-corrected chi connectivity index (χ0v) is 11.5. The summed E-state index contributed by atoms with van der Waals surface area (Å²) in [7, 11) is 0. The Morgan fingerprint density at radius 2 is 1.62 bits per heavy atom. The number of carbonyl (C=O) groups is 1. The molecule has 0 bridgehead atoms. The lowest BCUT2D eigenvalue weighted by atomic mass is 10.0. The van der Waals surface area contributed by atoms with E-state index in [2.05, 4.69) is 16.0 Å². The fourth-order valence-electron chi connectivity index (χ4n) is 1.67. The minimum absolute atomic E-state index is 0.000386. The van der Waals surface area contributed by atoms with E-state index in [9.17, 15) is 31.1 Å². The van der Waals surface area contributed by atoms with E-state index < -0.39 is 40.8 Å². The van der Waals surface area contributed by atoms with E-state index in [0.717, 1.165) is 17.1 Å². The number of rotatable bonds is 2. The molecule has 1 amide bonds. The highest BCUT2D eigenvalue weighted by molar-refractivity contribution is 6.04. The van der Waals surface area contributed by atoms with Gasteiger partial charge in [-0.2, -0.15) is 26.3 Å². The lowest BCUT2D eigenvalue weighted by molar-refractivity contribution is -0.390. The highest BCUT2D eigenvalue weighted by Crippen LogP contribution is 2.36. The maximum atomic E-state index is 12.8. The highest BCUT2D eigenvalue weighted by Gasteiger charge is 2.38. The fourth-order valence-corrected chi connectivity index (χ4v) is 1.67. The van der Waals surface area contributed by atoms with Gasteiger partial charge in [-0.3, -0.25) is 4.79 Å². The second-order valence-electron chi connectivity index (χ2n) is 4.48. The van der Waals surface area contributed by atoms with Crippen LogP contribution in [0, 0.1) is 0 Å². The number of alkyl halides is 6. The average Bonchev–Trinajstić information content (AvgIpc) is 2.91. The first-order chi connectivity index (χ1) is 11.0. The molecule has 1 aliphatic heterocycles. The van der Waals surface area contributed by atoms with Gasteiger partial charge >= 0.3 is 24.5 Å². The Bertz CT molecular complexity index is 780. The molecule has 0 atom stereocenters. The number of amidine groups is 1. The van der Waals surface area contributed by atoms with Crippen molar-refractivity contribution in [2.45, 2.75) is 12.4 Å². The van der Waals surface area contributed by atoms with Crippen LogP contribution in [0.2, 0.25) is 0 Å². The number of nitrogens with zero attached hydrogens (tertiary/aromatic N) is 3. The van der Waals surface area contributed by atoms with Crippen molar-refractivity contribution in [3.63, 3.8) is 0 Å². The molecule has 1 aromatic carbocycles. The first kappa shape index (κ1) is 17.4. The summed E-state index contributed by atoms with van der Waals surface area (Å²) < 4.78 is 77.5. The van der Waals surface area contributed by atoms with Crippen molar-refractivity contribution < 1.29 is 35.8 Å². The molecule has 0 aromatic heterocycles. The van der Waals surface area contributed by atoms with Crippen LogP contribution >= 0.6 is 0 Å². The number of primary amides is 1. The third-order valence-corrected chi connectivity index (χ3v) is 2.68. The van der Waals surface area contributed by atoms with Crippen molar-refractivity contribution in [2.75, 3.05) is 0 Å². The molecule has 11 heteroatoms. The first-order valence-electron chi connectivity index (χ1n) is 6.07. The summed E-state index contributed by atoms with van der Waals surface area (Å²) in [5, 5.41) is 3.62. The van der Waals surface area contributed by atoms with Crippen LogP contribution in [0.25, 0.3) is 0 Å². The monoisotopic (exact) mass is 349 g/mol. The van der Waals surface area contributed by atoms with Crippen LogP contribution in [-0.4, -0.2) is 28.6 Å². The van der Waals surface area contributed by atoms with E-state index in [1.807, 2.05) is 0 Å². The summed E-state index contributed by atoms with van der Waals surface area (Å²) in [6.45, 7) is 0. The smallest absolute Gasteiger partial charge is 0.365 e. The molecule has 0 saturated heterocycles. The normalized spacial score (nSPS) is 14.4. The predicted molar refractivity (Wildman–Crippen MR) is 70.5 cm³/mol. The quantitative estimate of drug-likeness (QED) is 0.496. The van der Waals surface area contributed by atoms with Crippen LogP contribution in [0.1, 0.15) is 16.7 Å². The fraction of sp³-hybridized carbons (Fsp3) is 0.154. The Hall–Kier alpha value is -2.94. The van der Waals surface area contributed by atoms with Crippen LogP contribution in [-0.2, 0) is 17.1 Å². The van der Waals surface area contributed by atoms with Gasteiger partial charge in [-0.25, -0.2) is 0 Å². The molecule has 126 valence electrons. The zero-order valence-electron chi connectivity index (χ0n) is 11.5. The Balaban J connectivity index is 2.56. The van der Waals surface area contributed by atoms with Crippen molar-refractivity contribution in [1.82, 2.24) is 0 Å². The van der Waals surface area contributed by atoms with Gasteiger partial charge in [-0.05, 0) is 28.3 Å². The molecule has 0 unspecified atom stereocenters. The van der Waals surface area contributed by atoms with Gasteiger partial charge in [0.05, 0.1) is 22.8 Å². The molecule has 0 aliphatic carbocycles. The molecule has 0 radical (unpaired) electrons. The number of hydrazone groups is 1. The summed E-state index contributed by atoms with van der Waals surface area (Å²) in [6.07, 6.45) is -8.23. The Labute approximate surface area is 130 Å². The van der Waals surface area contributed by atoms with E-state index >= 15 is 0 Å². The van der Waals surface area contributed by atoms with Gasteiger partial charge in [0.2, 0.25) is 0 Å². The lowest BCUT2D eigenvalue weighted by Gasteiger charge is -2.12. The minimum atomic E-state index is -4.98. The lowest BCUT2D eigenvalue weighted by Crippen LogP contribution is -2.13. The molecule has 2 rings (SSSR count). The Kier molecular flexibility index (Phi) is 4.30. The van der Waals surface area contributed by atoms with Gasteiger partial charge in [0, 0.05) is 0 Å². The number of hydrogen-bond donors (Lipinski definition) is 1. The van der Waals surface area contributed by atoms with Gasteiger partial charge in [-0.1, -0.05) is 4.68 Å². The van der Waals surface area contributed by atoms with Crippen LogP contribution < -0.4 is 5.73 Å². The van der Waals surface area contributed by atoms with Gasteiger partial charge in [0.15, 0.2) is 0 Å². The number of aliphatic imine (C=N–C) groups is 1. The van der Waals surface area contributed by atoms with Crippen molar-refractivity contribution in [2.24, 2.45) is 15.8 Å². The number of benzene rings is 1. The molecule has 1 aromatic rings. The van der Waals surface area contributed by atoms with Crippen molar-refractivity contribution >= 4 is 24.0 Å². The second kappa shape index (κ2) is 5.93. The van der Waals surface area contributed by atoms with E-state index in [4.69, 9.17) is 5.73 Å². The Morgan fingerprint density at radius 3 is 2.08 bits per heavy atom. The first-order valence-corrected chi connectivity index (χ1v) is 6.07. The maximum Gasteiger partial charge on any atom is 0.416 e. The number of carbonyl (C=O) groups excluding carboxylic acids is 1. The van der Waals surface area contributed by atoms with Crippen LogP contribution in [0.3, 0.4) is 0 Å². The third-order valence-electron chi connectivity index (χ3n) is 2.68. The SMILES string of the molecule is NC(=O)C=C=[N+]1C=NC(c2cc(C(F)(F)F)cc(C(F)(F)F)c2)=N1. The molecule has 1 aliphatic rings. The molecule has 0 saturated carbocycles. The summed E-state index contributed by atoms with van der Waals surface area (Å²) in [6, 6.07) is 0.985. The van der Waals surface area contributed by atoms with Gasteiger partial charge < -0.3 is 5.73 Å². The van der Waals surface area contributed by atoms with E-state index in [1.54, 1.807) is 0 Å². The van der Waals surface area contributed by atoms with Crippen molar-refractivity contribution in [3.8, 4) is 0 Å². The number of hydrogen-bond acceptors (Lipinski definition) is 3. The summed E-state index contributed by atoms with van der Waals surface area (Å²) in [4.78, 5) is 14.1. The van der Waals surface area contributed by atoms with Gasteiger partial charge in [0.1, 0.15) is 5.87 Å². The number of halogens is 6. The molecule has 1 heterocycles. The number of nitrogens with two attached hydrogens (primary N) is 1. The van der Waals surface area contributed by atoms with Crippen molar-refractivity contribution in [3.05, 3.63) is 41.0 Å². The standard InChI is InChI=1S/C13H6F6N4O/c14-12(15,16)8-3-7(4-9(5-8)13(17,18)19)11-21-6-23(22-11)2-1-10(20)24/h1,3-6H,(H-,20,24)/p+1. The van der Waals surface area contributed by atoms with Gasteiger partial charge in [0.25, 0.3) is 5.91 Å².